The predicted octanol–water partition coefficient (Wildman–Crippen LogP) is 9.53. The van der Waals surface area contributed by atoms with Crippen molar-refractivity contribution in [3.8, 4) is 0 Å². The Bertz CT molecular complexity index is 728. The van der Waals surface area contributed by atoms with Crippen molar-refractivity contribution in [2.45, 2.75) is 155 Å². The fraction of sp³-hybridized carbons (Fsp3) is 0.750. The lowest BCUT2D eigenvalue weighted by Crippen LogP contribution is -2.32. The molecule has 2 heterocycles. The van der Waals surface area contributed by atoms with Crippen molar-refractivity contribution in [1.29, 1.82) is 0 Å². The predicted molar refractivity (Wildman–Crippen MR) is 176 cm³/mol. The Morgan fingerprint density at radius 3 is 1.70 bits per heavy atom. The summed E-state index contributed by atoms with van der Waals surface area (Å²) >= 11 is 0. The molecule has 0 fully saturated rings. The van der Waals surface area contributed by atoms with Crippen molar-refractivity contribution in [2.75, 3.05) is 25.0 Å². The van der Waals surface area contributed by atoms with Gasteiger partial charge in [0.25, 0.3) is 0 Å². The highest BCUT2D eigenvalue weighted by molar-refractivity contribution is 5.39. The van der Waals surface area contributed by atoms with Crippen molar-refractivity contribution in [3.05, 3.63) is 49.1 Å². The molecule has 1 aliphatic heterocycles. The summed E-state index contributed by atoms with van der Waals surface area (Å²) in [6.07, 6.45) is 40.8. The molecule has 1 aliphatic rings. The monoisotopic (exact) mass is 554 g/mol. The van der Waals surface area contributed by atoms with Crippen LogP contribution in [0.2, 0.25) is 0 Å². The number of rotatable bonds is 27. The van der Waals surface area contributed by atoms with E-state index in [1.165, 1.54) is 134 Å². The van der Waals surface area contributed by atoms with Gasteiger partial charge in [-0.25, -0.2) is 4.57 Å². The van der Waals surface area contributed by atoms with E-state index in [0.717, 1.165) is 26.2 Å². The number of pyridine rings is 1. The van der Waals surface area contributed by atoms with Crippen LogP contribution in [0.1, 0.15) is 142 Å². The molecule has 0 bridgehead atoms. The maximum absolute atomic E-state index is 3.66. The molecule has 0 spiro atoms. The second kappa shape index (κ2) is 24.9. The average Bonchev–Trinajstić information content (AvgIpc) is 2.98. The minimum absolute atomic E-state index is 0.418. The molecule has 4 heteroatoms. The molecule has 0 unspecified atom stereocenters. The quantitative estimate of drug-likeness (QED) is 0.0840. The molecule has 0 amide bonds. The van der Waals surface area contributed by atoms with Crippen LogP contribution < -0.4 is 15.2 Å². The third-order valence-electron chi connectivity index (χ3n) is 8.21. The van der Waals surface area contributed by atoms with Gasteiger partial charge in [-0.05, 0) is 44.4 Å². The maximum atomic E-state index is 3.66. The first-order valence-electron chi connectivity index (χ1n) is 17.4. The van der Waals surface area contributed by atoms with E-state index in [-0.39, 0.29) is 0 Å². The summed E-state index contributed by atoms with van der Waals surface area (Å²) in [4.78, 5) is 2.36. The largest absolute Gasteiger partial charge is 0.385 e. The fourth-order valence-corrected chi connectivity index (χ4v) is 5.49. The van der Waals surface area contributed by atoms with Crippen molar-refractivity contribution < 1.29 is 4.57 Å². The number of nitrogens with one attached hydrogen (secondary N) is 2. The average molecular weight is 554 g/mol. The van der Waals surface area contributed by atoms with E-state index in [4.69, 9.17) is 0 Å². The highest BCUT2D eigenvalue weighted by Gasteiger charge is 2.06. The highest BCUT2D eigenvalue weighted by atomic mass is 15.1. The molecule has 228 valence electrons. The number of hydrogen-bond donors (Lipinski definition) is 2. The van der Waals surface area contributed by atoms with Gasteiger partial charge >= 0.3 is 0 Å². The minimum Gasteiger partial charge on any atom is -0.385 e. The smallest absolute Gasteiger partial charge is 0.170 e. The van der Waals surface area contributed by atoms with Gasteiger partial charge in [-0.15, -0.1) is 0 Å². The van der Waals surface area contributed by atoms with Crippen molar-refractivity contribution in [3.63, 3.8) is 0 Å². The molecule has 1 aromatic heterocycles. The van der Waals surface area contributed by atoms with Gasteiger partial charge in [0.2, 0.25) is 0 Å². The fourth-order valence-electron chi connectivity index (χ4n) is 5.49. The normalized spacial score (nSPS) is 13.4. The zero-order valence-corrected chi connectivity index (χ0v) is 26.6. The van der Waals surface area contributed by atoms with Gasteiger partial charge in [0.15, 0.2) is 12.4 Å². The number of unbranched alkanes of at least 4 members (excludes halogenated alkanes) is 17. The second-order valence-electron chi connectivity index (χ2n) is 12.0. The zero-order chi connectivity index (χ0) is 28.4. The molecule has 2 N–H and O–H groups in total. The zero-order valence-electron chi connectivity index (χ0n) is 26.6. The molecular formula is C36H65N4+. The standard InChI is InChI=1S/C36H64N4/c1-3-5-7-9-15-19-27-37-35-23-31-39(32-24-35)29-21-17-13-11-12-14-18-22-30-40-33-25-36(26-34-40)38-28-20-16-10-8-6-4-2/h23-26,31-35,37H,3-22,27-30H2,1-2H3/p+1. The summed E-state index contributed by atoms with van der Waals surface area (Å²) in [5.74, 6) is 0. The Morgan fingerprint density at radius 1 is 0.600 bits per heavy atom. The first kappa shape index (κ1) is 34.4. The van der Waals surface area contributed by atoms with Gasteiger partial charge in [-0.2, -0.15) is 0 Å². The van der Waals surface area contributed by atoms with E-state index in [1.54, 1.807) is 0 Å². The summed E-state index contributed by atoms with van der Waals surface area (Å²) in [5, 5.41) is 7.24. The summed E-state index contributed by atoms with van der Waals surface area (Å²) in [6, 6.07) is 4.89. The summed E-state index contributed by atoms with van der Waals surface area (Å²) in [5.41, 5.74) is 1.26. The Labute approximate surface area is 249 Å². The van der Waals surface area contributed by atoms with Gasteiger partial charge in [-0.1, -0.05) is 110 Å². The van der Waals surface area contributed by atoms with E-state index < -0.39 is 0 Å². The van der Waals surface area contributed by atoms with Crippen molar-refractivity contribution >= 4 is 5.69 Å². The first-order chi connectivity index (χ1) is 19.8. The van der Waals surface area contributed by atoms with Crippen LogP contribution in [0.15, 0.2) is 49.1 Å². The van der Waals surface area contributed by atoms with Crippen LogP contribution in [0.4, 0.5) is 5.69 Å². The van der Waals surface area contributed by atoms with Gasteiger partial charge in [0.1, 0.15) is 6.54 Å². The van der Waals surface area contributed by atoms with Crippen LogP contribution in [0.25, 0.3) is 0 Å². The molecule has 2 rings (SSSR count). The maximum Gasteiger partial charge on any atom is 0.170 e. The lowest BCUT2D eigenvalue weighted by Gasteiger charge is -2.22. The van der Waals surface area contributed by atoms with E-state index >= 15 is 0 Å². The summed E-state index contributed by atoms with van der Waals surface area (Å²) in [6.45, 7) is 9.09. The van der Waals surface area contributed by atoms with E-state index in [2.05, 4.69) is 83.0 Å². The first-order valence-corrected chi connectivity index (χ1v) is 17.4. The molecule has 1 aromatic rings. The highest BCUT2D eigenvalue weighted by Crippen LogP contribution is 2.12. The van der Waals surface area contributed by atoms with Crippen molar-refractivity contribution in [2.24, 2.45) is 0 Å². The summed E-state index contributed by atoms with van der Waals surface area (Å²) in [7, 11) is 0. The molecule has 0 saturated carbocycles. The van der Waals surface area contributed by atoms with E-state index in [9.17, 15) is 0 Å². The third-order valence-corrected chi connectivity index (χ3v) is 8.21. The van der Waals surface area contributed by atoms with Gasteiger partial charge in [0.05, 0.1) is 0 Å². The Hall–Kier alpha value is -1.81. The second-order valence-corrected chi connectivity index (χ2v) is 12.0. The third kappa shape index (κ3) is 18.5. The lowest BCUT2D eigenvalue weighted by atomic mass is 10.1. The molecule has 0 saturated heterocycles. The number of aromatic nitrogens is 1. The van der Waals surface area contributed by atoms with E-state index in [1.807, 2.05) is 0 Å². The number of aryl methyl sites for hydroxylation is 1. The molecule has 0 aromatic carbocycles. The molecule has 0 radical (unpaired) electrons. The van der Waals surface area contributed by atoms with Crippen LogP contribution in [0.5, 0.6) is 0 Å². The Morgan fingerprint density at radius 2 is 1.10 bits per heavy atom. The van der Waals surface area contributed by atoms with E-state index in [0.29, 0.717) is 6.04 Å². The molecule has 4 nitrogen and oxygen atoms in total. The molecule has 0 atom stereocenters. The van der Waals surface area contributed by atoms with Gasteiger partial charge in [-0.3, -0.25) is 0 Å². The topological polar surface area (TPSA) is 31.2 Å². The molecular weight excluding hydrogens is 488 g/mol. The molecule has 40 heavy (non-hydrogen) atoms. The SMILES string of the molecule is CCCCCCCCNc1cc[n+](CCCCCCCCCCN2C=CC(NCCCCCCCC)C=C2)cc1. The van der Waals surface area contributed by atoms with Crippen LogP contribution >= 0.6 is 0 Å². The number of hydrogen-bond acceptors (Lipinski definition) is 3. The van der Waals surface area contributed by atoms with Gasteiger partial charge < -0.3 is 15.5 Å². The van der Waals surface area contributed by atoms with Crippen LogP contribution in [0, 0.1) is 0 Å². The Balaban J connectivity index is 1.35. The number of nitrogens with zero attached hydrogens (tertiary/aromatic N) is 2. The molecule has 0 aliphatic carbocycles. The van der Waals surface area contributed by atoms with Crippen LogP contribution in [-0.2, 0) is 6.54 Å². The van der Waals surface area contributed by atoms with Crippen LogP contribution in [0.3, 0.4) is 0 Å². The Kier molecular flexibility index (Phi) is 21.4. The summed E-state index contributed by atoms with van der Waals surface area (Å²) < 4.78 is 2.34. The van der Waals surface area contributed by atoms with Crippen molar-refractivity contribution in [1.82, 2.24) is 10.2 Å². The van der Waals surface area contributed by atoms with Crippen LogP contribution in [-0.4, -0.2) is 30.6 Å². The van der Waals surface area contributed by atoms with Gasteiger partial charge in [0, 0.05) is 55.8 Å². The minimum atomic E-state index is 0.418. The number of anilines is 1. The lowest BCUT2D eigenvalue weighted by molar-refractivity contribution is -0.697.